The van der Waals surface area contributed by atoms with Gasteiger partial charge in [0.05, 0.1) is 0 Å². The summed E-state index contributed by atoms with van der Waals surface area (Å²) in [6.07, 6.45) is 2.31. The highest BCUT2D eigenvalue weighted by Gasteiger charge is 2.42. The number of hydrogen-bond acceptors (Lipinski definition) is 2. The number of fused-ring (bicyclic) bond motifs is 1. The molecule has 0 aromatic heterocycles. The summed E-state index contributed by atoms with van der Waals surface area (Å²) < 4.78 is 1.11. The molecule has 2 N–H and O–H groups in total. The molecule has 0 spiro atoms. The number of carbonyl (C=O) groups excluding carboxylic acids is 1. The van der Waals surface area contributed by atoms with E-state index in [4.69, 9.17) is 5.73 Å². The van der Waals surface area contributed by atoms with Crippen LogP contribution in [0.25, 0.3) is 0 Å². The van der Waals surface area contributed by atoms with Gasteiger partial charge < -0.3 is 10.6 Å². The number of benzene rings is 1. The lowest BCUT2D eigenvalue weighted by atomic mass is 9.98. The van der Waals surface area contributed by atoms with Crippen LogP contribution >= 0.6 is 22.6 Å². The normalized spacial score (nSPS) is 29.6. The molecule has 1 aromatic carbocycles. The van der Waals surface area contributed by atoms with E-state index in [1.807, 2.05) is 30.0 Å². The zero-order valence-electron chi connectivity index (χ0n) is 11.1. The Kier molecular flexibility index (Phi) is 3.55. The second-order valence-electron chi connectivity index (χ2n) is 5.83. The minimum atomic E-state index is 0.178. The predicted octanol–water partition coefficient (Wildman–Crippen LogP) is 2.41. The Morgan fingerprint density at radius 1 is 1.37 bits per heavy atom. The smallest absolute Gasteiger partial charge is 0.254 e. The third-order valence-electron chi connectivity index (χ3n) is 4.63. The molecular formula is C15H19IN2O. The van der Waals surface area contributed by atoms with Crippen molar-refractivity contribution in [2.45, 2.75) is 25.8 Å². The SMILES string of the molecule is Cc1ccc(I)cc1C(=O)N1CC2CCC(N)C2C1. The molecule has 102 valence electrons. The Labute approximate surface area is 127 Å². The molecule has 1 aliphatic heterocycles. The van der Waals surface area contributed by atoms with Crippen molar-refractivity contribution < 1.29 is 4.79 Å². The van der Waals surface area contributed by atoms with Gasteiger partial charge >= 0.3 is 0 Å². The molecule has 3 nitrogen and oxygen atoms in total. The fraction of sp³-hybridized carbons (Fsp3) is 0.533. The van der Waals surface area contributed by atoms with Gasteiger partial charge in [-0.05, 0) is 71.9 Å². The number of nitrogens with zero attached hydrogens (tertiary/aromatic N) is 1. The van der Waals surface area contributed by atoms with E-state index in [9.17, 15) is 4.79 Å². The first-order valence-electron chi connectivity index (χ1n) is 6.87. The van der Waals surface area contributed by atoms with Gasteiger partial charge in [-0.25, -0.2) is 0 Å². The molecule has 1 saturated heterocycles. The third kappa shape index (κ3) is 2.40. The van der Waals surface area contributed by atoms with Crippen LogP contribution in [0.3, 0.4) is 0 Å². The standard InChI is InChI=1S/C15H19IN2O/c1-9-2-4-11(16)6-12(9)15(19)18-7-10-3-5-14(17)13(10)8-18/h2,4,6,10,13-14H,3,5,7-8,17H2,1H3. The Morgan fingerprint density at radius 3 is 2.89 bits per heavy atom. The highest BCUT2D eigenvalue weighted by molar-refractivity contribution is 14.1. The molecule has 19 heavy (non-hydrogen) atoms. The number of amides is 1. The third-order valence-corrected chi connectivity index (χ3v) is 5.30. The maximum atomic E-state index is 12.6. The van der Waals surface area contributed by atoms with Crippen molar-refractivity contribution in [2.75, 3.05) is 13.1 Å². The molecule has 1 heterocycles. The highest BCUT2D eigenvalue weighted by Crippen LogP contribution is 2.37. The Morgan fingerprint density at radius 2 is 2.16 bits per heavy atom. The molecule has 3 atom stereocenters. The molecule has 3 rings (SSSR count). The summed E-state index contributed by atoms with van der Waals surface area (Å²) >= 11 is 2.26. The van der Waals surface area contributed by atoms with Crippen LogP contribution in [0.4, 0.5) is 0 Å². The van der Waals surface area contributed by atoms with Crippen LogP contribution in [-0.2, 0) is 0 Å². The number of halogens is 1. The van der Waals surface area contributed by atoms with E-state index in [1.54, 1.807) is 0 Å². The lowest BCUT2D eigenvalue weighted by Gasteiger charge is -2.20. The fourth-order valence-electron chi connectivity index (χ4n) is 3.47. The zero-order chi connectivity index (χ0) is 13.6. The monoisotopic (exact) mass is 370 g/mol. The molecule has 2 fully saturated rings. The van der Waals surface area contributed by atoms with E-state index in [1.165, 1.54) is 6.42 Å². The van der Waals surface area contributed by atoms with Crippen molar-refractivity contribution in [2.24, 2.45) is 17.6 Å². The molecule has 0 bridgehead atoms. The Balaban J connectivity index is 1.80. The van der Waals surface area contributed by atoms with Gasteiger partial charge in [0.25, 0.3) is 5.91 Å². The van der Waals surface area contributed by atoms with Gasteiger partial charge in [0, 0.05) is 28.3 Å². The fourth-order valence-corrected chi connectivity index (χ4v) is 3.96. The van der Waals surface area contributed by atoms with Gasteiger partial charge in [-0.3, -0.25) is 4.79 Å². The topological polar surface area (TPSA) is 46.3 Å². The summed E-state index contributed by atoms with van der Waals surface area (Å²) in [5, 5.41) is 0. The van der Waals surface area contributed by atoms with Crippen LogP contribution in [0.2, 0.25) is 0 Å². The molecule has 1 aromatic rings. The van der Waals surface area contributed by atoms with Gasteiger partial charge in [0.2, 0.25) is 0 Å². The van der Waals surface area contributed by atoms with Gasteiger partial charge in [-0.2, -0.15) is 0 Å². The van der Waals surface area contributed by atoms with Gasteiger partial charge in [-0.15, -0.1) is 0 Å². The summed E-state index contributed by atoms with van der Waals surface area (Å²) in [6.45, 7) is 3.74. The number of carbonyl (C=O) groups is 1. The van der Waals surface area contributed by atoms with E-state index < -0.39 is 0 Å². The minimum Gasteiger partial charge on any atom is -0.338 e. The summed E-state index contributed by atoms with van der Waals surface area (Å²) in [7, 11) is 0. The number of hydrogen-bond donors (Lipinski definition) is 1. The van der Waals surface area contributed by atoms with Crippen molar-refractivity contribution in [3.05, 3.63) is 32.9 Å². The minimum absolute atomic E-state index is 0.178. The van der Waals surface area contributed by atoms with Gasteiger partial charge in [0.1, 0.15) is 0 Å². The molecule has 1 saturated carbocycles. The maximum Gasteiger partial charge on any atom is 0.254 e. The highest BCUT2D eigenvalue weighted by atomic mass is 127. The number of likely N-dealkylation sites (tertiary alicyclic amines) is 1. The van der Waals surface area contributed by atoms with Crippen LogP contribution in [0.15, 0.2) is 18.2 Å². The Hall–Kier alpha value is -0.620. The van der Waals surface area contributed by atoms with E-state index in [0.717, 1.165) is 34.2 Å². The summed E-state index contributed by atoms with van der Waals surface area (Å²) in [6, 6.07) is 6.35. The van der Waals surface area contributed by atoms with Crippen molar-refractivity contribution in [3.8, 4) is 0 Å². The quantitative estimate of drug-likeness (QED) is 0.772. The van der Waals surface area contributed by atoms with Crippen LogP contribution in [0, 0.1) is 22.3 Å². The van der Waals surface area contributed by atoms with Crippen LogP contribution in [0.5, 0.6) is 0 Å². The predicted molar refractivity (Wildman–Crippen MR) is 84.0 cm³/mol. The summed E-state index contributed by atoms with van der Waals surface area (Å²) in [4.78, 5) is 14.6. The second kappa shape index (κ2) is 5.05. The second-order valence-corrected chi connectivity index (χ2v) is 7.08. The number of aryl methyl sites for hydroxylation is 1. The lowest BCUT2D eigenvalue weighted by molar-refractivity contribution is 0.0779. The summed E-state index contributed by atoms with van der Waals surface area (Å²) in [5.41, 5.74) is 8.05. The van der Waals surface area contributed by atoms with E-state index >= 15 is 0 Å². The van der Waals surface area contributed by atoms with E-state index in [-0.39, 0.29) is 5.91 Å². The van der Waals surface area contributed by atoms with Crippen molar-refractivity contribution in [1.29, 1.82) is 0 Å². The van der Waals surface area contributed by atoms with Crippen molar-refractivity contribution in [3.63, 3.8) is 0 Å². The van der Waals surface area contributed by atoms with E-state index in [0.29, 0.717) is 17.9 Å². The number of nitrogens with two attached hydrogens (primary N) is 1. The van der Waals surface area contributed by atoms with Gasteiger partial charge in [0.15, 0.2) is 0 Å². The first-order valence-corrected chi connectivity index (χ1v) is 7.95. The number of rotatable bonds is 1. The van der Waals surface area contributed by atoms with Crippen molar-refractivity contribution >= 4 is 28.5 Å². The van der Waals surface area contributed by atoms with E-state index in [2.05, 4.69) is 22.6 Å². The van der Waals surface area contributed by atoms with Crippen LogP contribution in [-0.4, -0.2) is 29.9 Å². The average molecular weight is 370 g/mol. The molecule has 4 heteroatoms. The first kappa shape index (κ1) is 13.4. The van der Waals surface area contributed by atoms with Gasteiger partial charge in [-0.1, -0.05) is 6.07 Å². The molecule has 1 amide bonds. The molecule has 1 aliphatic carbocycles. The van der Waals surface area contributed by atoms with Crippen molar-refractivity contribution in [1.82, 2.24) is 4.90 Å². The largest absolute Gasteiger partial charge is 0.338 e. The first-order chi connectivity index (χ1) is 9.06. The molecule has 0 radical (unpaired) electrons. The lowest BCUT2D eigenvalue weighted by Crippen LogP contribution is -2.33. The average Bonchev–Trinajstić information content (AvgIpc) is 2.94. The van der Waals surface area contributed by atoms with Crippen LogP contribution in [0.1, 0.15) is 28.8 Å². The molecular weight excluding hydrogens is 351 g/mol. The Bertz CT molecular complexity index is 517. The maximum absolute atomic E-state index is 12.6. The zero-order valence-corrected chi connectivity index (χ0v) is 13.3. The molecule has 3 unspecified atom stereocenters. The molecule has 2 aliphatic rings. The summed E-state index contributed by atoms with van der Waals surface area (Å²) in [5.74, 6) is 1.33. The van der Waals surface area contributed by atoms with Crippen LogP contribution < -0.4 is 5.73 Å².